The number of carbonyl (C=O) groups is 1. The zero-order valence-corrected chi connectivity index (χ0v) is 10.5. The van der Waals surface area contributed by atoms with E-state index in [1.165, 1.54) is 18.2 Å². The lowest BCUT2D eigenvalue weighted by molar-refractivity contribution is -0.385. The Kier molecular flexibility index (Phi) is 4.42. The topological polar surface area (TPSA) is 107 Å². The van der Waals surface area contributed by atoms with Gasteiger partial charge in [-0.05, 0) is 12.1 Å². The van der Waals surface area contributed by atoms with Crippen LogP contribution in [0.25, 0.3) is 0 Å². The van der Waals surface area contributed by atoms with Gasteiger partial charge in [0, 0.05) is 25.3 Å². The molecule has 1 aromatic carbocycles. The molecule has 0 aromatic heterocycles. The maximum atomic E-state index is 10.8. The zero-order chi connectivity index (χ0) is 14.6. The Morgan fingerprint density at radius 3 is 2.74 bits per heavy atom. The number of carboxylic acids is 1. The summed E-state index contributed by atoms with van der Waals surface area (Å²) in [5.74, 6) is -1.50. The Labute approximate surface area is 109 Å². The number of aliphatic carboxylic acids is 1. The van der Waals surface area contributed by atoms with Crippen LogP contribution in [0.4, 0.5) is 11.4 Å². The molecule has 19 heavy (non-hydrogen) atoms. The van der Waals surface area contributed by atoms with Gasteiger partial charge >= 0.3 is 5.97 Å². The Hall–Kier alpha value is -2.62. The molecule has 0 radical (unpaired) electrons. The molecule has 0 saturated heterocycles. The van der Waals surface area contributed by atoms with Crippen molar-refractivity contribution in [2.75, 3.05) is 18.5 Å². The largest absolute Gasteiger partial charge is 0.481 e. The zero-order valence-electron chi connectivity index (χ0n) is 10.5. The number of nitro groups is 1. The maximum absolute atomic E-state index is 10.8. The number of nitriles is 1. The van der Waals surface area contributed by atoms with E-state index < -0.39 is 16.8 Å². The fraction of sp³-hybridized carbons (Fsp3) is 0.333. The van der Waals surface area contributed by atoms with Crippen molar-refractivity contribution in [3.8, 4) is 6.07 Å². The second-order valence-electron chi connectivity index (χ2n) is 4.19. The lowest BCUT2D eigenvalue weighted by Crippen LogP contribution is -2.28. The van der Waals surface area contributed by atoms with E-state index in [1.54, 1.807) is 24.9 Å². The van der Waals surface area contributed by atoms with Crippen LogP contribution >= 0.6 is 0 Å². The van der Waals surface area contributed by atoms with Gasteiger partial charge in [-0.25, -0.2) is 0 Å². The van der Waals surface area contributed by atoms with Gasteiger partial charge in [0.05, 0.1) is 10.8 Å². The van der Waals surface area contributed by atoms with E-state index >= 15 is 0 Å². The van der Waals surface area contributed by atoms with E-state index in [4.69, 9.17) is 10.4 Å². The van der Waals surface area contributed by atoms with Gasteiger partial charge in [-0.15, -0.1) is 0 Å². The summed E-state index contributed by atoms with van der Waals surface area (Å²) in [5.41, 5.74) is 0.263. The fourth-order valence-corrected chi connectivity index (χ4v) is 1.60. The van der Waals surface area contributed by atoms with Crippen molar-refractivity contribution in [1.82, 2.24) is 0 Å². The first-order chi connectivity index (χ1) is 8.86. The molecule has 0 aliphatic heterocycles. The third-order valence-corrected chi connectivity index (χ3v) is 2.71. The van der Waals surface area contributed by atoms with E-state index in [0.29, 0.717) is 5.69 Å². The minimum atomic E-state index is -0.922. The molecule has 0 fully saturated rings. The third kappa shape index (κ3) is 3.42. The van der Waals surface area contributed by atoms with Gasteiger partial charge in [-0.3, -0.25) is 14.9 Å². The van der Waals surface area contributed by atoms with Crippen LogP contribution in [0.3, 0.4) is 0 Å². The summed E-state index contributed by atoms with van der Waals surface area (Å²) in [6, 6.07) is 5.88. The fourth-order valence-electron chi connectivity index (χ4n) is 1.60. The first kappa shape index (κ1) is 14.4. The number of carboxylic acid groups (broad SMARTS) is 1. The number of hydrogen-bond acceptors (Lipinski definition) is 5. The molecule has 1 unspecified atom stereocenters. The summed E-state index contributed by atoms with van der Waals surface area (Å²) in [6.45, 7) is 1.81. The highest BCUT2D eigenvalue weighted by atomic mass is 16.6. The smallest absolute Gasteiger partial charge is 0.308 e. The van der Waals surface area contributed by atoms with Gasteiger partial charge in [0.1, 0.15) is 11.6 Å². The van der Waals surface area contributed by atoms with Gasteiger partial charge in [0.15, 0.2) is 0 Å². The van der Waals surface area contributed by atoms with Gasteiger partial charge in [-0.2, -0.15) is 5.26 Å². The summed E-state index contributed by atoms with van der Waals surface area (Å²) < 4.78 is 0. The molecule has 0 bridgehead atoms. The van der Waals surface area contributed by atoms with Crippen molar-refractivity contribution in [1.29, 1.82) is 5.26 Å². The lowest BCUT2D eigenvalue weighted by atomic mass is 10.1. The molecule has 0 aliphatic carbocycles. The Balaban J connectivity index is 3.00. The van der Waals surface area contributed by atoms with Crippen LogP contribution in [0.1, 0.15) is 12.5 Å². The number of rotatable bonds is 5. The molecule has 0 spiro atoms. The number of benzene rings is 1. The van der Waals surface area contributed by atoms with Crippen LogP contribution in [0.15, 0.2) is 18.2 Å². The van der Waals surface area contributed by atoms with E-state index in [1.807, 2.05) is 0 Å². The Bertz CT molecular complexity index is 550. The average Bonchev–Trinajstić information content (AvgIpc) is 2.37. The molecule has 0 saturated carbocycles. The van der Waals surface area contributed by atoms with Crippen molar-refractivity contribution in [2.45, 2.75) is 6.92 Å². The van der Waals surface area contributed by atoms with Gasteiger partial charge in [0.25, 0.3) is 5.69 Å². The van der Waals surface area contributed by atoms with Crippen LogP contribution in [0.2, 0.25) is 0 Å². The van der Waals surface area contributed by atoms with Crippen molar-refractivity contribution in [3.05, 3.63) is 33.9 Å². The highest BCUT2D eigenvalue weighted by molar-refractivity contribution is 5.70. The molecule has 0 amide bonds. The minimum Gasteiger partial charge on any atom is -0.481 e. The number of nitrogens with zero attached hydrogens (tertiary/aromatic N) is 3. The minimum absolute atomic E-state index is 0.0441. The van der Waals surface area contributed by atoms with E-state index in [2.05, 4.69) is 0 Å². The molecule has 1 aromatic rings. The third-order valence-electron chi connectivity index (χ3n) is 2.71. The molecule has 7 heteroatoms. The van der Waals surface area contributed by atoms with Crippen LogP contribution in [0.5, 0.6) is 0 Å². The average molecular weight is 263 g/mol. The van der Waals surface area contributed by atoms with Gasteiger partial charge in [0.2, 0.25) is 0 Å². The Morgan fingerprint density at radius 2 is 2.26 bits per heavy atom. The van der Waals surface area contributed by atoms with E-state index in [0.717, 1.165) is 0 Å². The maximum Gasteiger partial charge on any atom is 0.308 e. The summed E-state index contributed by atoms with van der Waals surface area (Å²) in [4.78, 5) is 22.5. The predicted octanol–water partition coefficient (Wildman–Crippen LogP) is 1.62. The summed E-state index contributed by atoms with van der Waals surface area (Å²) in [5, 5.41) is 28.4. The molecular weight excluding hydrogens is 250 g/mol. The quantitative estimate of drug-likeness (QED) is 0.638. The van der Waals surface area contributed by atoms with Crippen molar-refractivity contribution < 1.29 is 14.8 Å². The van der Waals surface area contributed by atoms with Crippen LogP contribution < -0.4 is 4.90 Å². The SMILES string of the molecule is CC(CN(C)c1ccc([N+](=O)[O-])c(C#N)c1)C(=O)O. The second-order valence-corrected chi connectivity index (χ2v) is 4.19. The first-order valence-corrected chi connectivity index (χ1v) is 5.49. The van der Waals surface area contributed by atoms with E-state index in [9.17, 15) is 14.9 Å². The second kappa shape index (κ2) is 5.82. The summed E-state index contributed by atoms with van der Waals surface area (Å²) in [7, 11) is 1.67. The summed E-state index contributed by atoms with van der Waals surface area (Å²) in [6.07, 6.45) is 0. The van der Waals surface area contributed by atoms with E-state index in [-0.39, 0.29) is 17.8 Å². The number of hydrogen-bond donors (Lipinski definition) is 1. The van der Waals surface area contributed by atoms with Crippen LogP contribution in [-0.2, 0) is 4.79 Å². The van der Waals surface area contributed by atoms with Gasteiger partial charge < -0.3 is 10.0 Å². The molecule has 100 valence electrons. The molecule has 1 rings (SSSR count). The number of nitro benzene ring substituents is 1. The molecule has 0 heterocycles. The molecule has 0 aliphatic rings. The monoisotopic (exact) mass is 263 g/mol. The van der Waals surface area contributed by atoms with Crippen molar-refractivity contribution in [2.24, 2.45) is 5.92 Å². The predicted molar refractivity (Wildman–Crippen MR) is 67.9 cm³/mol. The highest BCUT2D eigenvalue weighted by Gasteiger charge is 2.17. The molecular formula is C12H13N3O4. The summed E-state index contributed by atoms with van der Waals surface area (Å²) >= 11 is 0. The molecule has 1 N–H and O–H groups in total. The van der Waals surface area contributed by atoms with Crippen LogP contribution in [-0.4, -0.2) is 29.6 Å². The van der Waals surface area contributed by atoms with Crippen LogP contribution in [0, 0.1) is 27.4 Å². The standard InChI is InChI=1S/C12H13N3O4/c1-8(12(16)17)7-14(2)10-3-4-11(15(18)19)9(5-10)6-13/h3-5,8H,7H2,1-2H3,(H,16,17). The lowest BCUT2D eigenvalue weighted by Gasteiger charge is -2.21. The highest BCUT2D eigenvalue weighted by Crippen LogP contribution is 2.24. The van der Waals surface area contributed by atoms with Crippen molar-refractivity contribution in [3.63, 3.8) is 0 Å². The normalized spacial score (nSPS) is 11.4. The van der Waals surface area contributed by atoms with Gasteiger partial charge in [-0.1, -0.05) is 6.92 Å². The van der Waals surface area contributed by atoms with Crippen molar-refractivity contribution >= 4 is 17.3 Å². The Morgan fingerprint density at radius 1 is 1.63 bits per heavy atom. The first-order valence-electron chi connectivity index (χ1n) is 5.49. The number of anilines is 1. The molecule has 1 atom stereocenters. The molecule has 7 nitrogen and oxygen atoms in total.